The van der Waals surface area contributed by atoms with Crippen LogP contribution in [0.15, 0.2) is 12.7 Å². The molecule has 0 aromatic rings. The van der Waals surface area contributed by atoms with Gasteiger partial charge in [0.2, 0.25) is 0 Å². The van der Waals surface area contributed by atoms with Crippen molar-refractivity contribution in [1.29, 1.82) is 0 Å². The third kappa shape index (κ3) is 7.53. The van der Waals surface area contributed by atoms with Crippen molar-refractivity contribution in [3.8, 4) is 0 Å². The van der Waals surface area contributed by atoms with Gasteiger partial charge in [-0.25, -0.2) is 4.79 Å². The van der Waals surface area contributed by atoms with E-state index in [0.29, 0.717) is 12.5 Å². The van der Waals surface area contributed by atoms with Crippen molar-refractivity contribution in [1.82, 2.24) is 0 Å². The van der Waals surface area contributed by atoms with Gasteiger partial charge in [-0.1, -0.05) is 20.4 Å². The Balaban J connectivity index is 3.45. The van der Waals surface area contributed by atoms with Gasteiger partial charge in [0.15, 0.2) is 0 Å². The average Bonchev–Trinajstić information content (AvgIpc) is 2.10. The van der Waals surface area contributed by atoms with Gasteiger partial charge in [-0.2, -0.15) is 0 Å². The van der Waals surface area contributed by atoms with Crippen molar-refractivity contribution in [3.05, 3.63) is 12.7 Å². The van der Waals surface area contributed by atoms with Crippen LogP contribution in [0.25, 0.3) is 0 Å². The Hall–Kier alpha value is -0.830. The molecule has 0 saturated heterocycles. The Morgan fingerprint density at radius 2 is 2.00 bits per heavy atom. The van der Waals surface area contributed by atoms with Gasteiger partial charge in [0.25, 0.3) is 0 Å². The Morgan fingerprint density at radius 1 is 1.38 bits per heavy atom. The Morgan fingerprint density at radius 3 is 2.46 bits per heavy atom. The molecule has 1 atom stereocenters. The van der Waals surface area contributed by atoms with Crippen LogP contribution in [0.2, 0.25) is 0 Å². The van der Waals surface area contributed by atoms with E-state index in [9.17, 15) is 4.79 Å². The standard InChI is InChI=1S/C10H18O3/c1-5-10(11)13-7-9(4)12-6-8(2)3/h5,8-9H,1,6-7H2,2-4H3. The molecule has 1 unspecified atom stereocenters. The van der Waals surface area contributed by atoms with Gasteiger partial charge in [0.1, 0.15) is 6.61 Å². The summed E-state index contributed by atoms with van der Waals surface area (Å²) in [4.78, 5) is 10.7. The molecular weight excluding hydrogens is 168 g/mol. The highest BCUT2D eigenvalue weighted by Gasteiger charge is 2.05. The molecular formula is C10H18O3. The zero-order valence-electron chi connectivity index (χ0n) is 8.58. The van der Waals surface area contributed by atoms with Crippen LogP contribution in [0.5, 0.6) is 0 Å². The molecule has 0 aliphatic carbocycles. The normalized spacial score (nSPS) is 12.6. The van der Waals surface area contributed by atoms with Gasteiger partial charge in [-0.05, 0) is 12.8 Å². The lowest BCUT2D eigenvalue weighted by molar-refractivity contribution is -0.141. The Bertz CT molecular complexity index is 164. The number of ether oxygens (including phenoxy) is 2. The molecule has 3 nitrogen and oxygen atoms in total. The lowest BCUT2D eigenvalue weighted by atomic mass is 10.2. The largest absolute Gasteiger partial charge is 0.460 e. The third-order valence-electron chi connectivity index (χ3n) is 1.34. The van der Waals surface area contributed by atoms with Crippen LogP contribution in [0, 0.1) is 5.92 Å². The lowest BCUT2D eigenvalue weighted by Crippen LogP contribution is -2.20. The summed E-state index contributed by atoms with van der Waals surface area (Å²) in [6, 6.07) is 0. The van der Waals surface area contributed by atoms with Crippen LogP contribution in [0.1, 0.15) is 20.8 Å². The van der Waals surface area contributed by atoms with E-state index in [4.69, 9.17) is 9.47 Å². The summed E-state index contributed by atoms with van der Waals surface area (Å²) in [6.07, 6.45) is 1.10. The number of esters is 1. The van der Waals surface area contributed by atoms with Crippen molar-refractivity contribution >= 4 is 5.97 Å². The molecule has 0 bridgehead atoms. The maximum absolute atomic E-state index is 10.7. The van der Waals surface area contributed by atoms with E-state index >= 15 is 0 Å². The van der Waals surface area contributed by atoms with Crippen molar-refractivity contribution in [3.63, 3.8) is 0 Å². The first kappa shape index (κ1) is 12.2. The molecule has 0 aliphatic heterocycles. The van der Waals surface area contributed by atoms with Gasteiger partial charge >= 0.3 is 5.97 Å². The van der Waals surface area contributed by atoms with E-state index in [-0.39, 0.29) is 12.7 Å². The zero-order chi connectivity index (χ0) is 10.3. The Labute approximate surface area is 79.7 Å². The summed E-state index contributed by atoms with van der Waals surface area (Å²) < 4.78 is 10.2. The first-order valence-electron chi connectivity index (χ1n) is 4.47. The molecule has 0 saturated carbocycles. The number of carbonyl (C=O) groups excluding carboxylic acids is 1. The van der Waals surface area contributed by atoms with E-state index in [0.717, 1.165) is 6.08 Å². The maximum atomic E-state index is 10.7. The molecule has 13 heavy (non-hydrogen) atoms. The molecule has 0 spiro atoms. The highest BCUT2D eigenvalue weighted by atomic mass is 16.6. The first-order chi connectivity index (χ1) is 6.06. The number of rotatable bonds is 6. The maximum Gasteiger partial charge on any atom is 0.330 e. The van der Waals surface area contributed by atoms with E-state index in [1.54, 1.807) is 0 Å². The van der Waals surface area contributed by atoms with Crippen LogP contribution in [0.3, 0.4) is 0 Å². The van der Waals surface area contributed by atoms with Gasteiger partial charge in [-0.3, -0.25) is 0 Å². The smallest absolute Gasteiger partial charge is 0.330 e. The second-order valence-corrected chi connectivity index (χ2v) is 3.37. The third-order valence-corrected chi connectivity index (χ3v) is 1.34. The van der Waals surface area contributed by atoms with Crippen LogP contribution >= 0.6 is 0 Å². The van der Waals surface area contributed by atoms with Crippen LogP contribution in [-0.4, -0.2) is 25.3 Å². The monoisotopic (exact) mass is 186 g/mol. The minimum Gasteiger partial charge on any atom is -0.460 e. The van der Waals surface area contributed by atoms with Crippen molar-refractivity contribution in [2.45, 2.75) is 26.9 Å². The second kappa shape index (κ2) is 6.66. The SMILES string of the molecule is C=CC(=O)OCC(C)OCC(C)C. The van der Waals surface area contributed by atoms with Gasteiger partial charge < -0.3 is 9.47 Å². The summed E-state index contributed by atoms with van der Waals surface area (Å²) in [7, 11) is 0. The molecule has 3 heteroatoms. The molecule has 0 N–H and O–H groups in total. The Kier molecular flexibility index (Phi) is 6.24. The van der Waals surface area contributed by atoms with Crippen molar-refractivity contribution < 1.29 is 14.3 Å². The summed E-state index contributed by atoms with van der Waals surface area (Å²) in [5.74, 6) is 0.0950. The van der Waals surface area contributed by atoms with E-state index in [1.165, 1.54) is 0 Å². The van der Waals surface area contributed by atoms with Crippen LogP contribution < -0.4 is 0 Å². The predicted molar refractivity (Wildman–Crippen MR) is 51.4 cm³/mol. The highest BCUT2D eigenvalue weighted by Crippen LogP contribution is 1.98. The van der Waals surface area contributed by atoms with Gasteiger partial charge in [0, 0.05) is 12.7 Å². The second-order valence-electron chi connectivity index (χ2n) is 3.37. The molecule has 0 rings (SSSR count). The minimum atomic E-state index is -0.403. The minimum absolute atomic E-state index is 0.0497. The summed E-state index contributed by atoms with van der Waals surface area (Å²) >= 11 is 0. The molecule has 0 amide bonds. The molecule has 0 aromatic carbocycles. The fourth-order valence-corrected chi connectivity index (χ4v) is 0.663. The van der Waals surface area contributed by atoms with Crippen molar-refractivity contribution in [2.75, 3.05) is 13.2 Å². The van der Waals surface area contributed by atoms with E-state index in [2.05, 4.69) is 20.4 Å². The van der Waals surface area contributed by atoms with Crippen molar-refractivity contribution in [2.24, 2.45) is 5.92 Å². The molecule has 0 aromatic heterocycles. The highest BCUT2D eigenvalue weighted by molar-refractivity contribution is 5.81. The molecule has 0 aliphatic rings. The van der Waals surface area contributed by atoms with E-state index < -0.39 is 5.97 Å². The predicted octanol–water partition coefficient (Wildman–Crippen LogP) is 1.78. The summed E-state index contributed by atoms with van der Waals surface area (Å²) in [5.41, 5.74) is 0. The number of carbonyl (C=O) groups is 1. The van der Waals surface area contributed by atoms with Gasteiger partial charge in [-0.15, -0.1) is 0 Å². The zero-order valence-corrected chi connectivity index (χ0v) is 8.58. The molecule has 0 radical (unpaired) electrons. The quantitative estimate of drug-likeness (QED) is 0.468. The summed E-state index contributed by atoms with van der Waals surface area (Å²) in [5, 5.41) is 0. The van der Waals surface area contributed by atoms with Gasteiger partial charge in [0.05, 0.1) is 6.10 Å². The number of hydrogen-bond donors (Lipinski definition) is 0. The van der Waals surface area contributed by atoms with E-state index in [1.807, 2.05) is 6.92 Å². The fraction of sp³-hybridized carbons (Fsp3) is 0.700. The average molecular weight is 186 g/mol. The fourth-order valence-electron chi connectivity index (χ4n) is 0.663. The molecule has 0 fully saturated rings. The number of hydrogen-bond acceptors (Lipinski definition) is 3. The molecule has 76 valence electrons. The summed E-state index contributed by atoms with van der Waals surface area (Å²) in [6.45, 7) is 10.3. The molecule has 0 heterocycles. The topological polar surface area (TPSA) is 35.5 Å². The van der Waals surface area contributed by atoms with Crippen LogP contribution in [0.4, 0.5) is 0 Å². The van der Waals surface area contributed by atoms with Crippen LogP contribution in [-0.2, 0) is 14.3 Å². The lowest BCUT2D eigenvalue weighted by Gasteiger charge is -2.14. The first-order valence-corrected chi connectivity index (χ1v) is 4.47.